The van der Waals surface area contributed by atoms with Crippen LogP contribution in [0.15, 0.2) is 24.5 Å². The summed E-state index contributed by atoms with van der Waals surface area (Å²) >= 11 is 0. The van der Waals surface area contributed by atoms with Crippen LogP contribution >= 0.6 is 0 Å². The van der Waals surface area contributed by atoms with Gasteiger partial charge >= 0.3 is 0 Å². The first kappa shape index (κ1) is 8.93. The van der Waals surface area contributed by atoms with E-state index in [1.807, 2.05) is 23.9 Å². The van der Waals surface area contributed by atoms with Gasteiger partial charge in [0.05, 0.1) is 12.7 Å². The third-order valence-electron chi connectivity index (χ3n) is 1.49. The standard InChI is InChI=1S/C8H14N4/c1-2-3-4-9-5-7-12-8-6-10-11-12/h2-3,6,8-9H,4-5,7H2,1H3/b3-2+. The lowest BCUT2D eigenvalue weighted by Gasteiger charge is -2.00. The molecule has 0 bridgehead atoms. The topological polar surface area (TPSA) is 42.7 Å². The maximum absolute atomic E-state index is 3.84. The molecule has 0 fully saturated rings. The van der Waals surface area contributed by atoms with Crippen molar-refractivity contribution < 1.29 is 0 Å². The van der Waals surface area contributed by atoms with Crippen molar-refractivity contribution in [2.75, 3.05) is 13.1 Å². The summed E-state index contributed by atoms with van der Waals surface area (Å²) in [6, 6.07) is 0. The molecule has 0 saturated carbocycles. The smallest absolute Gasteiger partial charge is 0.0692 e. The second-order valence-corrected chi connectivity index (χ2v) is 2.44. The SMILES string of the molecule is C/C=C/CNCCn1ccnn1. The highest BCUT2D eigenvalue weighted by atomic mass is 15.4. The van der Waals surface area contributed by atoms with Gasteiger partial charge in [-0.15, -0.1) is 5.10 Å². The summed E-state index contributed by atoms with van der Waals surface area (Å²) in [5.74, 6) is 0. The maximum Gasteiger partial charge on any atom is 0.0692 e. The number of hydrogen-bond acceptors (Lipinski definition) is 3. The summed E-state index contributed by atoms with van der Waals surface area (Å²) in [4.78, 5) is 0. The van der Waals surface area contributed by atoms with Crippen molar-refractivity contribution in [1.82, 2.24) is 20.3 Å². The van der Waals surface area contributed by atoms with Gasteiger partial charge in [-0.1, -0.05) is 17.4 Å². The zero-order chi connectivity index (χ0) is 8.65. The summed E-state index contributed by atoms with van der Waals surface area (Å²) in [5.41, 5.74) is 0. The average molecular weight is 166 g/mol. The van der Waals surface area contributed by atoms with Gasteiger partial charge in [-0.05, 0) is 6.92 Å². The number of nitrogens with one attached hydrogen (secondary N) is 1. The molecule has 0 aromatic carbocycles. The van der Waals surface area contributed by atoms with Gasteiger partial charge in [0, 0.05) is 19.3 Å². The number of allylic oxidation sites excluding steroid dienone is 1. The first-order chi connectivity index (χ1) is 5.93. The summed E-state index contributed by atoms with van der Waals surface area (Å²) in [6.45, 7) is 4.73. The minimum Gasteiger partial charge on any atom is -0.311 e. The quantitative estimate of drug-likeness (QED) is 0.510. The lowest BCUT2D eigenvalue weighted by atomic mass is 10.5. The number of aromatic nitrogens is 3. The van der Waals surface area contributed by atoms with E-state index < -0.39 is 0 Å². The summed E-state index contributed by atoms with van der Waals surface area (Å²) in [7, 11) is 0. The van der Waals surface area contributed by atoms with Crippen molar-refractivity contribution in [3.8, 4) is 0 Å². The molecule has 12 heavy (non-hydrogen) atoms. The number of hydrogen-bond donors (Lipinski definition) is 1. The largest absolute Gasteiger partial charge is 0.311 e. The Hall–Kier alpha value is -1.16. The van der Waals surface area contributed by atoms with Gasteiger partial charge in [0.2, 0.25) is 0 Å². The van der Waals surface area contributed by atoms with Gasteiger partial charge in [-0.25, -0.2) is 0 Å². The number of nitrogens with zero attached hydrogens (tertiary/aromatic N) is 3. The Morgan fingerprint density at radius 2 is 2.50 bits per heavy atom. The Morgan fingerprint density at radius 3 is 3.17 bits per heavy atom. The second kappa shape index (κ2) is 5.49. The minimum absolute atomic E-state index is 0.873. The Balaban J connectivity index is 2.03. The molecule has 1 aromatic rings. The van der Waals surface area contributed by atoms with Gasteiger partial charge in [0.15, 0.2) is 0 Å². The van der Waals surface area contributed by atoms with Crippen LogP contribution in [0.3, 0.4) is 0 Å². The van der Waals surface area contributed by atoms with Crippen molar-refractivity contribution in [1.29, 1.82) is 0 Å². The highest BCUT2D eigenvalue weighted by molar-refractivity contribution is 4.79. The molecule has 0 spiro atoms. The highest BCUT2D eigenvalue weighted by Crippen LogP contribution is 1.78. The molecule has 4 nitrogen and oxygen atoms in total. The van der Waals surface area contributed by atoms with Crippen LogP contribution in [0.2, 0.25) is 0 Å². The molecule has 0 unspecified atom stereocenters. The van der Waals surface area contributed by atoms with Crippen molar-refractivity contribution in [3.05, 3.63) is 24.5 Å². The summed E-state index contributed by atoms with van der Waals surface area (Å²) < 4.78 is 1.81. The van der Waals surface area contributed by atoms with E-state index in [4.69, 9.17) is 0 Å². The van der Waals surface area contributed by atoms with E-state index in [1.54, 1.807) is 6.20 Å². The van der Waals surface area contributed by atoms with E-state index in [0.717, 1.165) is 19.6 Å². The molecule has 1 rings (SSSR count). The predicted molar refractivity (Wildman–Crippen MR) is 47.7 cm³/mol. The van der Waals surface area contributed by atoms with Crippen LogP contribution in [-0.4, -0.2) is 28.1 Å². The third-order valence-corrected chi connectivity index (χ3v) is 1.49. The predicted octanol–water partition coefficient (Wildman–Crippen LogP) is 0.444. The Kier molecular flexibility index (Phi) is 4.08. The molecule has 0 atom stereocenters. The molecule has 1 heterocycles. The molecule has 0 aliphatic carbocycles. The fourth-order valence-corrected chi connectivity index (χ4v) is 0.849. The molecule has 0 aliphatic heterocycles. The second-order valence-electron chi connectivity index (χ2n) is 2.44. The van der Waals surface area contributed by atoms with E-state index >= 15 is 0 Å². The van der Waals surface area contributed by atoms with Gasteiger partial charge in [0.25, 0.3) is 0 Å². The van der Waals surface area contributed by atoms with E-state index in [1.165, 1.54) is 0 Å². The van der Waals surface area contributed by atoms with Gasteiger partial charge < -0.3 is 5.32 Å². The van der Waals surface area contributed by atoms with Crippen molar-refractivity contribution in [3.63, 3.8) is 0 Å². The molecule has 1 aromatic heterocycles. The molecular formula is C8H14N4. The fraction of sp³-hybridized carbons (Fsp3) is 0.500. The zero-order valence-electron chi connectivity index (χ0n) is 7.27. The molecule has 1 N–H and O–H groups in total. The van der Waals surface area contributed by atoms with E-state index in [0.29, 0.717) is 0 Å². The molecule has 4 heteroatoms. The van der Waals surface area contributed by atoms with Gasteiger partial charge in [-0.2, -0.15) is 0 Å². The van der Waals surface area contributed by atoms with Crippen LogP contribution in [0, 0.1) is 0 Å². The highest BCUT2D eigenvalue weighted by Gasteiger charge is 1.88. The van der Waals surface area contributed by atoms with Crippen molar-refractivity contribution in [2.45, 2.75) is 13.5 Å². The molecule has 0 radical (unpaired) electrons. The van der Waals surface area contributed by atoms with Crippen LogP contribution in [0.4, 0.5) is 0 Å². The maximum atomic E-state index is 3.84. The Labute approximate surface area is 72.3 Å². The fourth-order valence-electron chi connectivity index (χ4n) is 0.849. The number of rotatable bonds is 5. The molecule has 0 aliphatic rings. The van der Waals surface area contributed by atoms with E-state index in [2.05, 4.69) is 21.7 Å². The lowest BCUT2D eigenvalue weighted by Crippen LogP contribution is -2.20. The summed E-state index contributed by atoms with van der Waals surface area (Å²) in [6.07, 6.45) is 7.66. The molecule has 66 valence electrons. The molecular weight excluding hydrogens is 152 g/mol. The molecule has 0 amide bonds. The van der Waals surface area contributed by atoms with E-state index in [9.17, 15) is 0 Å². The van der Waals surface area contributed by atoms with E-state index in [-0.39, 0.29) is 0 Å². The van der Waals surface area contributed by atoms with Crippen molar-refractivity contribution in [2.24, 2.45) is 0 Å². The van der Waals surface area contributed by atoms with Gasteiger partial charge in [0.1, 0.15) is 0 Å². The van der Waals surface area contributed by atoms with Crippen LogP contribution in [0.25, 0.3) is 0 Å². The van der Waals surface area contributed by atoms with Crippen LogP contribution in [0.5, 0.6) is 0 Å². The van der Waals surface area contributed by atoms with Gasteiger partial charge in [-0.3, -0.25) is 4.68 Å². The van der Waals surface area contributed by atoms with Crippen LogP contribution in [0.1, 0.15) is 6.92 Å². The lowest BCUT2D eigenvalue weighted by molar-refractivity contribution is 0.555. The first-order valence-electron chi connectivity index (χ1n) is 4.09. The van der Waals surface area contributed by atoms with Crippen LogP contribution < -0.4 is 5.32 Å². The average Bonchev–Trinajstić information content (AvgIpc) is 2.57. The normalized spacial score (nSPS) is 11.1. The molecule has 0 saturated heterocycles. The Bertz CT molecular complexity index is 215. The monoisotopic (exact) mass is 166 g/mol. The summed E-state index contributed by atoms with van der Waals surface area (Å²) in [5, 5.41) is 10.8. The Morgan fingerprint density at radius 1 is 1.58 bits per heavy atom. The minimum atomic E-state index is 0.873. The first-order valence-corrected chi connectivity index (χ1v) is 4.09. The van der Waals surface area contributed by atoms with Crippen LogP contribution in [-0.2, 0) is 6.54 Å². The zero-order valence-corrected chi connectivity index (χ0v) is 7.27. The third kappa shape index (κ3) is 3.30. The van der Waals surface area contributed by atoms with Crippen molar-refractivity contribution >= 4 is 0 Å².